The number of amides is 4. The van der Waals surface area contributed by atoms with Gasteiger partial charge in [0.05, 0.1) is 18.7 Å². The highest BCUT2D eigenvalue weighted by Crippen LogP contribution is 2.17. The monoisotopic (exact) mass is 518 g/mol. The molecule has 14 N–H and O–H groups in total. The molecule has 1 heterocycles. The van der Waals surface area contributed by atoms with Gasteiger partial charge in [0.15, 0.2) is 5.96 Å². The molecule has 36 heavy (non-hydrogen) atoms. The smallest absolute Gasteiger partial charge is 0.326 e. The standard InChI is InChI=1S/C20H38N8O8/c1-7(2)13(18(34)35)27-16(32)8(3)25-17(33)12(22)9(21)4-5-11(29)15(31)14(30)10-6-28(20(24)36)19(23)26-10/h7-15,29-31H,4-6,21-22H2,1-3H3,(H2,23,26)(H2,24,36)(H,25,33)(H,27,32)(H,34,35)/t8-,9+,10-,11+,12-,13-,14+,15+/m0/s1. The third kappa shape index (κ3) is 8.27. The molecule has 0 radical (unpaired) electrons. The van der Waals surface area contributed by atoms with Gasteiger partial charge in [-0.2, -0.15) is 0 Å². The van der Waals surface area contributed by atoms with Crippen molar-refractivity contribution < 1.29 is 39.6 Å². The normalized spacial score (nSPS) is 21.5. The molecule has 16 nitrogen and oxygen atoms in total. The maximum absolute atomic E-state index is 12.4. The highest BCUT2D eigenvalue weighted by atomic mass is 16.4. The Kier molecular flexibility index (Phi) is 11.5. The topological polar surface area (TPSA) is 293 Å². The number of carbonyl (C=O) groups excluding carboxylic acids is 3. The molecule has 0 saturated carbocycles. The first-order valence-corrected chi connectivity index (χ1v) is 11.4. The number of nitrogens with one attached hydrogen (secondary N) is 2. The molecule has 0 aromatic carbocycles. The van der Waals surface area contributed by atoms with E-state index in [0.29, 0.717) is 0 Å². The van der Waals surface area contributed by atoms with Crippen LogP contribution in [0.1, 0.15) is 33.6 Å². The number of aliphatic hydroxyl groups excluding tert-OH is 3. The molecule has 8 atom stereocenters. The van der Waals surface area contributed by atoms with Gasteiger partial charge in [-0.3, -0.25) is 14.5 Å². The average molecular weight is 519 g/mol. The maximum atomic E-state index is 12.4. The Morgan fingerprint density at radius 2 is 1.64 bits per heavy atom. The van der Waals surface area contributed by atoms with Gasteiger partial charge in [-0.1, -0.05) is 13.8 Å². The van der Waals surface area contributed by atoms with Crippen LogP contribution in [0.3, 0.4) is 0 Å². The van der Waals surface area contributed by atoms with Gasteiger partial charge in [0, 0.05) is 6.04 Å². The predicted octanol–water partition coefficient (Wildman–Crippen LogP) is -4.69. The number of carboxylic acid groups (broad SMARTS) is 1. The molecule has 0 fully saturated rings. The van der Waals surface area contributed by atoms with Gasteiger partial charge in [0.1, 0.15) is 30.3 Å². The molecule has 16 heteroatoms. The van der Waals surface area contributed by atoms with Crippen LogP contribution in [0.4, 0.5) is 4.79 Å². The van der Waals surface area contributed by atoms with Crippen molar-refractivity contribution in [1.29, 1.82) is 0 Å². The Labute approximate surface area is 208 Å². The molecule has 1 aliphatic heterocycles. The van der Waals surface area contributed by atoms with Gasteiger partial charge < -0.3 is 54.0 Å². The van der Waals surface area contributed by atoms with Crippen molar-refractivity contribution in [3.63, 3.8) is 0 Å². The Morgan fingerprint density at radius 1 is 1.06 bits per heavy atom. The highest BCUT2D eigenvalue weighted by molar-refractivity contribution is 5.96. The van der Waals surface area contributed by atoms with E-state index in [0.717, 1.165) is 4.90 Å². The van der Waals surface area contributed by atoms with Gasteiger partial charge in [-0.05, 0) is 25.7 Å². The number of primary amides is 1. The predicted molar refractivity (Wildman–Crippen MR) is 127 cm³/mol. The summed E-state index contributed by atoms with van der Waals surface area (Å²) in [5, 5.41) is 44.7. The third-order valence-corrected chi connectivity index (χ3v) is 5.89. The van der Waals surface area contributed by atoms with E-state index in [9.17, 15) is 39.6 Å². The summed E-state index contributed by atoms with van der Waals surface area (Å²) >= 11 is 0. The van der Waals surface area contributed by atoms with Crippen molar-refractivity contribution in [2.45, 2.75) is 82.1 Å². The molecule has 1 aliphatic rings. The summed E-state index contributed by atoms with van der Waals surface area (Å²) in [6, 6.07) is -6.41. The number of carboxylic acids is 1. The van der Waals surface area contributed by atoms with Gasteiger partial charge >= 0.3 is 12.0 Å². The Bertz CT molecular complexity index is 841. The molecular formula is C20H38N8O8. The molecule has 0 bridgehead atoms. The first-order valence-electron chi connectivity index (χ1n) is 11.4. The first kappa shape index (κ1) is 31.0. The maximum Gasteiger partial charge on any atom is 0.326 e. The molecule has 1 rings (SSSR count). The number of aliphatic hydroxyl groups is 3. The van der Waals surface area contributed by atoms with Crippen LogP contribution in [-0.4, -0.2) is 110 Å². The fourth-order valence-electron chi connectivity index (χ4n) is 3.48. The van der Waals surface area contributed by atoms with E-state index < -0.39 is 72.3 Å². The van der Waals surface area contributed by atoms with E-state index in [1.54, 1.807) is 13.8 Å². The lowest BCUT2D eigenvalue weighted by Gasteiger charge is -2.27. The summed E-state index contributed by atoms with van der Waals surface area (Å²) in [7, 11) is 0. The lowest BCUT2D eigenvalue weighted by Crippen LogP contribution is -2.57. The molecule has 4 amide bonds. The van der Waals surface area contributed by atoms with E-state index in [1.807, 2.05) is 0 Å². The molecule has 0 aromatic heterocycles. The zero-order chi connectivity index (χ0) is 27.9. The summed E-state index contributed by atoms with van der Waals surface area (Å²) in [5.41, 5.74) is 22.5. The van der Waals surface area contributed by atoms with E-state index >= 15 is 0 Å². The summed E-state index contributed by atoms with van der Waals surface area (Å²) < 4.78 is 0. The van der Waals surface area contributed by atoms with Crippen LogP contribution >= 0.6 is 0 Å². The van der Waals surface area contributed by atoms with Gasteiger partial charge in [0.2, 0.25) is 11.8 Å². The van der Waals surface area contributed by atoms with Crippen molar-refractivity contribution in [2.75, 3.05) is 6.54 Å². The van der Waals surface area contributed by atoms with E-state index in [-0.39, 0.29) is 31.3 Å². The highest BCUT2D eigenvalue weighted by Gasteiger charge is 2.38. The fourth-order valence-corrected chi connectivity index (χ4v) is 3.48. The molecule has 0 saturated heterocycles. The van der Waals surface area contributed by atoms with Crippen LogP contribution in [0.15, 0.2) is 4.99 Å². The fraction of sp³-hybridized carbons (Fsp3) is 0.750. The largest absolute Gasteiger partial charge is 0.480 e. The number of nitrogens with two attached hydrogens (primary N) is 4. The minimum absolute atomic E-state index is 0.0436. The number of aliphatic imine (C=N–C) groups is 1. The lowest BCUT2D eigenvalue weighted by atomic mass is 9.95. The second-order valence-corrected chi connectivity index (χ2v) is 9.12. The average Bonchev–Trinajstić information content (AvgIpc) is 3.20. The Balaban J connectivity index is 2.57. The second kappa shape index (κ2) is 13.3. The third-order valence-electron chi connectivity index (χ3n) is 5.89. The van der Waals surface area contributed by atoms with Gasteiger partial charge in [-0.15, -0.1) is 0 Å². The molecular weight excluding hydrogens is 480 g/mol. The van der Waals surface area contributed by atoms with Crippen LogP contribution in [0.5, 0.6) is 0 Å². The minimum Gasteiger partial charge on any atom is -0.480 e. The lowest BCUT2D eigenvalue weighted by molar-refractivity contribution is -0.143. The molecule has 0 spiro atoms. The van der Waals surface area contributed by atoms with Crippen molar-refractivity contribution in [3.05, 3.63) is 0 Å². The van der Waals surface area contributed by atoms with E-state index in [4.69, 9.17) is 22.9 Å². The number of aliphatic carboxylic acids is 1. The molecule has 206 valence electrons. The van der Waals surface area contributed by atoms with Gasteiger partial charge in [-0.25, -0.2) is 14.6 Å². The van der Waals surface area contributed by atoms with E-state index in [1.165, 1.54) is 6.92 Å². The van der Waals surface area contributed by atoms with Gasteiger partial charge in [0.25, 0.3) is 0 Å². The van der Waals surface area contributed by atoms with Crippen molar-refractivity contribution >= 4 is 29.8 Å². The van der Waals surface area contributed by atoms with Crippen molar-refractivity contribution in [1.82, 2.24) is 15.5 Å². The van der Waals surface area contributed by atoms with Crippen LogP contribution in [0.25, 0.3) is 0 Å². The van der Waals surface area contributed by atoms with Crippen LogP contribution in [-0.2, 0) is 14.4 Å². The Hall–Kier alpha value is -3.05. The van der Waals surface area contributed by atoms with Crippen molar-refractivity contribution in [2.24, 2.45) is 33.8 Å². The number of hydrogen-bond acceptors (Lipinski definition) is 11. The SMILES string of the molecule is CC(C)[C@H](NC(=O)[C@H](C)NC(=O)[C@@H](N)[C@H](N)CC[C@@H](O)[C@@H](O)[C@H](O)[C@@H]1CN(C(N)=O)C(N)=N1)C(=O)O. The zero-order valence-corrected chi connectivity index (χ0v) is 20.4. The Morgan fingerprint density at radius 3 is 2.11 bits per heavy atom. The molecule has 0 aromatic rings. The second-order valence-electron chi connectivity index (χ2n) is 9.12. The summed E-state index contributed by atoms with van der Waals surface area (Å²) in [6.45, 7) is 4.41. The number of carbonyl (C=O) groups is 4. The van der Waals surface area contributed by atoms with Crippen molar-refractivity contribution in [3.8, 4) is 0 Å². The number of urea groups is 1. The number of hydrogen-bond donors (Lipinski definition) is 10. The molecule has 0 aliphatic carbocycles. The minimum atomic E-state index is -1.68. The van der Waals surface area contributed by atoms with Crippen LogP contribution < -0.4 is 33.6 Å². The number of nitrogens with zero attached hydrogens (tertiary/aromatic N) is 2. The summed E-state index contributed by atoms with van der Waals surface area (Å²) in [5.74, 6) is -3.32. The quantitative estimate of drug-likeness (QED) is 0.110. The summed E-state index contributed by atoms with van der Waals surface area (Å²) in [6.07, 6.45) is -4.93. The first-order chi connectivity index (χ1) is 16.6. The molecule has 0 unspecified atom stereocenters. The van der Waals surface area contributed by atoms with Crippen LogP contribution in [0, 0.1) is 5.92 Å². The zero-order valence-electron chi connectivity index (χ0n) is 20.4. The van der Waals surface area contributed by atoms with E-state index in [2.05, 4.69) is 15.6 Å². The number of guanidine groups is 1. The van der Waals surface area contributed by atoms with Crippen LogP contribution in [0.2, 0.25) is 0 Å². The summed E-state index contributed by atoms with van der Waals surface area (Å²) in [4.78, 5) is 51.9. The number of rotatable bonds is 13.